The van der Waals surface area contributed by atoms with Gasteiger partial charge >= 0.3 is 0 Å². The molecule has 4 aromatic rings. The summed E-state index contributed by atoms with van der Waals surface area (Å²) in [7, 11) is 0. The van der Waals surface area contributed by atoms with Crippen LogP contribution >= 0.6 is 0 Å². The number of H-pyrrole nitrogens is 1. The Morgan fingerprint density at radius 3 is 2.93 bits per heavy atom. The van der Waals surface area contributed by atoms with Crippen LogP contribution in [0.2, 0.25) is 0 Å². The van der Waals surface area contributed by atoms with Crippen LogP contribution in [0.4, 0.5) is 10.2 Å². The number of imidazole rings is 1. The average molecular weight is 363 g/mol. The molecule has 8 nitrogen and oxygen atoms in total. The standard InChI is InChI=1S/C18H14FN7O/c1-9-14-11(10-4-2-3-5-12(10)19)6-13(27)24-17(14)26(25-9)18-15-16(21-7-20-15)22-8-23-18/h2-5,7-8,11H,6H2,1H3,(H,24,27)(H,20,21,22,23)/t11-/m1/s1. The van der Waals surface area contributed by atoms with Crippen LogP contribution in [0, 0.1) is 12.7 Å². The number of nitrogens with zero attached hydrogens (tertiary/aromatic N) is 5. The van der Waals surface area contributed by atoms with Crippen molar-refractivity contribution in [3.63, 3.8) is 0 Å². The lowest BCUT2D eigenvalue weighted by Gasteiger charge is -2.24. The number of amides is 1. The monoisotopic (exact) mass is 363 g/mol. The van der Waals surface area contributed by atoms with E-state index in [0.29, 0.717) is 34.1 Å². The Kier molecular flexibility index (Phi) is 3.30. The van der Waals surface area contributed by atoms with Crippen molar-refractivity contribution in [3.8, 4) is 5.82 Å². The summed E-state index contributed by atoms with van der Waals surface area (Å²) in [4.78, 5) is 27.9. The highest BCUT2D eigenvalue weighted by Gasteiger charge is 2.34. The van der Waals surface area contributed by atoms with Crippen molar-refractivity contribution in [3.05, 3.63) is 59.6 Å². The van der Waals surface area contributed by atoms with Crippen LogP contribution in [0.5, 0.6) is 0 Å². The van der Waals surface area contributed by atoms with Gasteiger partial charge in [-0.2, -0.15) is 9.78 Å². The van der Waals surface area contributed by atoms with E-state index in [-0.39, 0.29) is 18.1 Å². The molecule has 0 aliphatic carbocycles. The Hall–Kier alpha value is -3.62. The van der Waals surface area contributed by atoms with Gasteiger partial charge in [-0.25, -0.2) is 19.3 Å². The molecule has 1 amide bonds. The summed E-state index contributed by atoms with van der Waals surface area (Å²) in [5, 5.41) is 7.44. The first kappa shape index (κ1) is 15.6. The number of hydrogen-bond donors (Lipinski definition) is 2. The molecule has 1 aliphatic rings. The molecular formula is C18H14FN7O. The number of carbonyl (C=O) groups excluding carboxylic acids is 1. The Morgan fingerprint density at radius 1 is 1.22 bits per heavy atom. The number of nitrogens with one attached hydrogen (secondary N) is 2. The Labute approximate surface area is 152 Å². The Morgan fingerprint density at radius 2 is 2.07 bits per heavy atom. The molecule has 0 saturated carbocycles. The summed E-state index contributed by atoms with van der Waals surface area (Å²) in [6, 6.07) is 6.51. The van der Waals surface area contributed by atoms with E-state index in [1.807, 2.05) is 6.92 Å². The lowest BCUT2D eigenvalue weighted by Crippen LogP contribution is -2.25. The number of fused-ring (bicyclic) bond motifs is 2. The van der Waals surface area contributed by atoms with E-state index >= 15 is 0 Å². The van der Waals surface area contributed by atoms with Crippen LogP contribution in [-0.4, -0.2) is 35.6 Å². The smallest absolute Gasteiger partial charge is 0.226 e. The molecule has 2 N–H and O–H groups in total. The summed E-state index contributed by atoms with van der Waals surface area (Å²) in [5.41, 5.74) is 3.06. The van der Waals surface area contributed by atoms with E-state index in [2.05, 4.69) is 30.4 Å². The molecule has 0 bridgehead atoms. The van der Waals surface area contributed by atoms with E-state index in [4.69, 9.17) is 0 Å². The molecule has 0 unspecified atom stereocenters. The third kappa shape index (κ3) is 2.31. The number of aromatic amines is 1. The van der Waals surface area contributed by atoms with Crippen LogP contribution in [-0.2, 0) is 4.79 Å². The molecule has 134 valence electrons. The number of rotatable bonds is 2. The third-order valence-electron chi connectivity index (χ3n) is 4.79. The lowest BCUT2D eigenvalue weighted by atomic mass is 9.85. The first-order chi connectivity index (χ1) is 13.1. The Balaban J connectivity index is 1.75. The summed E-state index contributed by atoms with van der Waals surface area (Å²) in [6.45, 7) is 1.84. The molecule has 1 aromatic carbocycles. The van der Waals surface area contributed by atoms with Gasteiger partial charge in [0, 0.05) is 17.9 Å². The van der Waals surface area contributed by atoms with Crippen molar-refractivity contribution < 1.29 is 9.18 Å². The second kappa shape index (κ2) is 5.70. The molecular weight excluding hydrogens is 349 g/mol. The SMILES string of the molecule is Cc1nn(-c2ncnc3nc[nH]c23)c2c1[C@@H](c1ccccc1F)CC(=O)N2. The second-order valence-corrected chi connectivity index (χ2v) is 6.38. The van der Waals surface area contributed by atoms with E-state index < -0.39 is 5.92 Å². The molecule has 0 fully saturated rings. The Bertz CT molecular complexity index is 1200. The van der Waals surface area contributed by atoms with Crippen molar-refractivity contribution in [2.24, 2.45) is 0 Å². The van der Waals surface area contributed by atoms with Crippen LogP contribution in [0.3, 0.4) is 0 Å². The molecule has 4 heterocycles. The molecule has 0 spiro atoms. The number of carbonyl (C=O) groups is 1. The lowest BCUT2D eigenvalue weighted by molar-refractivity contribution is -0.116. The topological polar surface area (TPSA) is 101 Å². The van der Waals surface area contributed by atoms with Crippen molar-refractivity contribution >= 4 is 22.9 Å². The molecule has 27 heavy (non-hydrogen) atoms. The number of aromatic nitrogens is 6. The highest BCUT2D eigenvalue weighted by Crippen LogP contribution is 2.41. The van der Waals surface area contributed by atoms with Gasteiger partial charge in [-0.1, -0.05) is 18.2 Å². The predicted molar refractivity (Wildman–Crippen MR) is 95.0 cm³/mol. The van der Waals surface area contributed by atoms with E-state index in [9.17, 15) is 9.18 Å². The van der Waals surface area contributed by atoms with Gasteiger partial charge < -0.3 is 10.3 Å². The number of benzene rings is 1. The van der Waals surface area contributed by atoms with Gasteiger partial charge in [0.1, 0.15) is 23.5 Å². The van der Waals surface area contributed by atoms with E-state index in [1.54, 1.807) is 22.9 Å². The van der Waals surface area contributed by atoms with E-state index in [1.165, 1.54) is 18.7 Å². The van der Waals surface area contributed by atoms with Crippen LogP contribution < -0.4 is 5.32 Å². The summed E-state index contributed by atoms with van der Waals surface area (Å²) in [5.74, 6) is 0.00541. The average Bonchev–Trinajstić information content (AvgIpc) is 3.26. The van der Waals surface area contributed by atoms with Crippen LogP contribution in [0.25, 0.3) is 17.0 Å². The van der Waals surface area contributed by atoms with Crippen LogP contribution in [0.1, 0.15) is 29.2 Å². The summed E-state index contributed by atoms with van der Waals surface area (Å²) in [6.07, 6.45) is 3.07. The zero-order chi connectivity index (χ0) is 18.5. The number of hydrogen-bond acceptors (Lipinski definition) is 5. The quantitative estimate of drug-likeness (QED) is 0.570. The van der Waals surface area contributed by atoms with Gasteiger partial charge in [-0.3, -0.25) is 4.79 Å². The largest absolute Gasteiger partial charge is 0.340 e. The maximum Gasteiger partial charge on any atom is 0.226 e. The molecule has 5 rings (SSSR count). The minimum atomic E-state index is -0.414. The first-order valence-electron chi connectivity index (χ1n) is 8.41. The maximum absolute atomic E-state index is 14.4. The molecule has 3 aromatic heterocycles. The predicted octanol–water partition coefficient (Wildman–Crippen LogP) is 2.46. The van der Waals surface area contributed by atoms with Gasteiger partial charge in [0.15, 0.2) is 11.5 Å². The van der Waals surface area contributed by atoms with Gasteiger partial charge in [-0.05, 0) is 18.6 Å². The number of halogens is 1. The third-order valence-corrected chi connectivity index (χ3v) is 4.79. The fourth-order valence-corrected chi connectivity index (χ4v) is 3.64. The first-order valence-corrected chi connectivity index (χ1v) is 8.41. The molecule has 1 atom stereocenters. The zero-order valence-electron chi connectivity index (χ0n) is 14.3. The number of anilines is 1. The van der Waals surface area contributed by atoms with Crippen molar-refractivity contribution in [2.75, 3.05) is 5.32 Å². The van der Waals surface area contributed by atoms with E-state index in [0.717, 1.165) is 5.56 Å². The molecule has 0 saturated heterocycles. The van der Waals surface area contributed by atoms with Gasteiger partial charge in [0.25, 0.3) is 0 Å². The maximum atomic E-state index is 14.4. The molecule has 0 radical (unpaired) electrons. The summed E-state index contributed by atoms with van der Waals surface area (Å²) < 4.78 is 16.0. The highest BCUT2D eigenvalue weighted by molar-refractivity contribution is 5.95. The van der Waals surface area contributed by atoms with Crippen molar-refractivity contribution in [2.45, 2.75) is 19.3 Å². The van der Waals surface area contributed by atoms with Gasteiger partial charge in [-0.15, -0.1) is 0 Å². The minimum absolute atomic E-state index is 0.156. The fraction of sp³-hybridized carbons (Fsp3) is 0.167. The minimum Gasteiger partial charge on any atom is -0.340 e. The second-order valence-electron chi connectivity index (χ2n) is 6.38. The van der Waals surface area contributed by atoms with Gasteiger partial charge in [0.05, 0.1) is 12.0 Å². The molecule has 9 heteroatoms. The van der Waals surface area contributed by atoms with Gasteiger partial charge in [0.2, 0.25) is 5.91 Å². The number of aryl methyl sites for hydroxylation is 1. The zero-order valence-corrected chi connectivity index (χ0v) is 14.3. The van der Waals surface area contributed by atoms with Crippen molar-refractivity contribution in [1.29, 1.82) is 0 Å². The summed E-state index contributed by atoms with van der Waals surface area (Å²) >= 11 is 0. The highest BCUT2D eigenvalue weighted by atomic mass is 19.1. The van der Waals surface area contributed by atoms with Crippen molar-refractivity contribution in [1.82, 2.24) is 29.7 Å². The fourth-order valence-electron chi connectivity index (χ4n) is 3.64. The van der Waals surface area contributed by atoms with Crippen LogP contribution in [0.15, 0.2) is 36.9 Å². The molecule has 1 aliphatic heterocycles. The normalized spacial score (nSPS) is 16.4.